The van der Waals surface area contributed by atoms with Gasteiger partial charge in [0.2, 0.25) is 0 Å². The molecule has 0 fully saturated rings. The van der Waals surface area contributed by atoms with Crippen LogP contribution in [0.15, 0.2) is 40.9 Å². The molecule has 0 saturated carbocycles. The highest BCUT2D eigenvalue weighted by Crippen LogP contribution is 2.30. The Morgan fingerprint density at radius 2 is 1.95 bits per heavy atom. The maximum atomic E-state index is 13.1. The summed E-state index contributed by atoms with van der Waals surface area (Å²) in [5.74, 6) is 1.19. The van der Waals surface area contributed by atoms with Crippen molar-refractivity contribution >= 4 is 15.9 Å². The molecule has 0 atom stereocenters. The van der Waals surface area contributed by atoms with Gasteiger partial charge in [-0.3, -0.25) is 0 Å². The summed E-state index contributed by atoms with van der Waals surface area (Å²) >= 11 is 3.45. The Hall–Kier alpha value is -1.39. The number of benzene rings is 2. The normalized spacial score (nSPS) is 10.6. The van der Waals surface area contributed by atoms with Crippen molar-refractivity contribution in [2.75, 3.05) is 6.54 Å². The molecule has 2 nitrogen and oxygen atoms in total. The maximum absolute atomic E-state index is 13.1. The van der Waals surface area contributed by atoms with E-state index in [2.05, 4.69) is 28.2 Å². The lowest BCUT2D eigenvalue weighted by molar-refractivity contribution is 0.467. The topological polar surface area (TPSA) is 21.3 Å². The molecule has 0 bridgehead atoms. The molecule has 4 heteroatoms. The summed E-state index contributed by atoms with van der Waals surface area (Å²) in [6, 6.07) is 10.5. The second kappa shape index (κ2) is 6.86. The minimum absolute atomic E-state index is 0.253. The number of aryl methyl sites for hydroxylation is 1. The van der Waals surface area contributed by atoms with Gasteiger partial charge >= 0.3 is 0 Å². The first-order valence-electron chi connectivity index (χ1n) is 6.53. The molecule has 0 aromatic heterocycles. The first-order chi connectivity index (χ1) is 9.60. The number of halogens is 2. The van der Waals surface area contributed by atoms with E-state index >= 15 is 0 Å². The predicted octanol–water partition coefficient (Wildman–Crippen LogP) is 4.80. The smallest absolute Gasteiger partial charge is 0.133 e. The highest BCUT2D eigenvalue weighted by atomic mass is 79.9. The fraction of sp³-hybridized carbons (Fsp3) is 0.250. The van der Waals surface area contributed by atoms with E-state index in [1.165, 1.54) is 12.1 Å². The van der Waals surface area contributed by atoms with Crippen molar-refractivity contribution in [1.82, 2.24) is 5.32 Å². The van der Waals surface area contributed by atoms with E-state index < -0.39 is 0 Å². The van der Waals surface area contributed by atoms with Crippen molar-refractivity contribution in [3.63, 3.8) is 0 Å². The minimum Gasteiger partial charge on any atom is -0.457 e. The van der Waals surface area contributed by atoms with Crippen molar-refractivity contribution in [1.29, 1.82) is 0 Å². The van der Waals surface area contributed by atoms with Crippen LogP contribution in [0.5, 0.6) is 11.5 Å². The molecule has 0 aliphatic rings. The molecule has 2 rings (SSSR count). The zero-order valence-electron chi connectivity index (χ0n) is 11.5. The fourth-order valence-corrected chi connectivity index (χ4v) is 2.21. The van der Waals surface area contributed by atoms with Gasteiger partial charge in [0.25, 0.3) is 0 Å². The van der Waals surface area contributed by atoms with Crippen LogP contribution in [-0.4, -0.2) is 6.54 Å². The summed E-state index contributed by atoms with van der Waals surface area (Å²) in [5, 5.41) is 3.28. The van der Waals surface area contributed by atoms with Crippen molar-refractivity contribution in [3.05, 3.63) is 57.8 Å². The number of ether oxygens (including phenoxy) is 1. The third-order valence-electron chi connectivity index (χ3n) is 2.95. The van der Waals surface area contributed by atoms with Gasteiger partial charge in [0, 0.05) is 16.6 Å². The third-order valence-corrected chi connectivity index (χ3v) is 3.44. The summed E-state index contributed by atoms with van der Waals surface area (Å²) in [6.45, 7) is 5.52. The molecular weight excluding hydrogens is 321 g/mol. The highest BCUT2D eigenvalue weighted by molar-refractivity contribution is 9.10. The Morgan fingerprint density at radius 3 is 2.65 bits per heavy atom. The molecule has 0 aliphatic heterocycles. The molecule has 1 N–H and O–H groups in total. The molecule has 20 heavy (non-hydrogen) atoms. The Kier molecular flexibility index (Phi) is 5.15. The van der Waals surface area contributed by atoms with Crippen LogP contribution in [0.25, 0.3) is 0 Å². The average molecular weight is 338 g/mol. The summed E-state index contributed by atoms with van der Waals surface area (Å²) in [4.78, 5) is 0. The van der Waals surface area contributed by atoms with E-state index in [9.17, 15) is 4.39 Å². The molecule has 0 radical (unpaired) electrons. The van der Waals surface area contributed by atoms with Gasteiger partial charge in [-0.2, -0.15) is 0 Å². The van der Waals surface area contributed by atoms with Gasteiger partial charge in [0.15, 0.2) is 0 Å². The van der Waals surface area contributed by atoms with E-state index in [4.69, 9.17) is 4.74 Å². The lowest BCUT2D eigenvalue weighted by Gasteiger charge is -2.13. The van der Waals surface area contributed by atoms with Crippen LogP contribution in [0.1, 0.15) is 18.1 Å². The largest absolute Gasteiger partial charge is 0.457 e. The molecule has 0 aliphatic carbocycles. The van der Waals surface area contributed by atoms with E-state index in [1.807, 2.05) is 25.1 Å². The third kappa shape index (κ3) is 3.81. The first-order valence-corrected chi connectivity index (χ1v) is 7.32. The fourth-order valence-electron chi connectivity index (χ4n) is 1.87. The molecule has 2 aromatic carbocycles. The summed E-state index contributed by atoms with van der Waals surface area (Å²) in [7, 11) is 0. The average Bonchev–Trinajstić information content (AvgIpc) is 2.41. The molecule has 0 heterocycles. The van der Waals surface area contributed by atoms with Gasteiger partial charge in [-0.15, -0.1) is 0 Å². The van der Waals surface area contributed by atoms with Crippen molar-refractivity contribution in [2.24, 2.45) is 0 Å². The summed E-state index contributed by atoms with van der Waals surface area (Å²) < 4.78 is 20.0. The van der Waals surface area contributed by atoms with E-state index in [-0.39, 0.29) is 5.82 Å². The Bertz CT molecular complexity index is 601. The molecule has 106 valence electrons. The maximum Gasteiger partial charge on any atom is 0.133 e. The summed E-state index contributed by atoms with van der Waals surface area (Å²) in [5.41, 5.74) is 1.85. The second-order valence-electron chi connectivity index (χ2n) is 4.54. The zero-order chi connectivity index (χ0) is 14.5. The molecule has 0 spiro atoms. The van der Waals surface area contributed by atoms with Crippen LogP contribution in [0.2, 0.25) is 0 Å². The van der Waals surface area contributed by atoms with Crippen molar-refractivity contribution in [2.45, 2.75) is 20.4 Å². The zero-order valence-corrected chi connectivity index (χ0v) is 13.1. The van der Waals surface area contributed by atoms with E-state index in [0.717, 1.165) is 34.4 Å². The highest BCUT2D eigenvalue weighted by Gasteiger charge is 2.08. The number of hydrogen-bond acceptors (Lipinski definition) is 2. The molecule has 2 aromatic rings. The second-order valence-corrected chi connectivity index (χ2v) is 5.46. The van der Waals surface area contributed by atoms with Gasteiger partial charge in [0.05, 0.1) is 0 Å². The lowest BCUT2D eigenvalue weighted by Crippen LogP contribution is -2.12. The molecule has 0 amide bonds. The van der Waals surface area contributed by atoms with Gasteiger partial charge in [0.1, 0.15) is 17.3 Å². The predicted molar refractivity (Wildman–Crippen MR) is 82.7 cm³/mol. The SMILES string of the molecule is CCNCc1ccc(Br)cc1Oc1ccc(F)cc1C. The first kappa shape index (κ1) is 15.0. The standard InChI is InChI=1S/C16H17BrFNO/c1-3-19-10-12-4-5-13(17)9-16(12)20-15-7-6-14(18)8-11(15)2/h4-9,19H,3,10H2,1-2H3. The van der Waals surface area contributed by atoms with E-state index in [1.54, 1.807) is 6.07 Å². The Morgan fingerprint density at radius 1 is 1.15 bits per heavy atom. The van der Waals surface area contributed by atoms with Crippen LogP contribution < -0.4 is 10.1 Å². The monoisotopic (exact) mass is 337 g/mol. The lowest BCUT2D eigenvalue weighted by atomic mass is 10.2. The number of rotatable bonds is 5. The minimum atomic E-state index is -0.253. The van der Waals surface area contributed by atoms with Crippen LogP contribution in [-0.2, 0) is 6.54 Å². The van der Waals surface area contributed by atoms with Crippen molar-refractivity contribution < 1.29 is 9.13 Å². The van der Waals surface area contributed by atoms with Gasteiger partial charge in [-0.25, -0.2) is 4.39 Å². The number of nitrogens with one attached hydrogen (secondary N) is 1. The van der Waals surface area contributed by atoms with E-state index in [0.29, 0.717) is 5.75 Å². The Labute approximate surface area is 127 Å². The van der Waals surface area contributed by atoms with Crippen LogP contribution in [0.4, 0.5) is 4.39 Å². The van der Waals surface area contributed by atoms with Crippen molar-refractivity contribution in [3.8, 4) is 11.5 Å². The molecule has 0 unspecified atom stereocenters. The summed E-state index contributed by atoms with van der Waals surface area (Å²) in [6.07, 6.45) is 0. The van der Waals surface area contributed by atoms with Crippen LogP contribution in [0.3, 0.4) is 0 Å². The van der Waals surface area contributed by atoms with Gasteiger partial charge < -0.3 is 10.1 Å². The Balaban J connectivity index is 2.29. The molecule has 0 saturated heterocycles. The van der Waals surface area contributed by atoms with Gasteiger partial charge in [-0.05, 0) is 49.4 Å². The molecular formula is C16H17BrFNO. The van der Waals surface area contributed by atoms with Crippen LogP contribution >= 0.6 is 15.9 Å². The quantitative estimate of drug-likeness (QED) is 0.846. The number of hydrogen-bond donors (Lipinski definition) is 1. The van der Waals surface area contributed by atoms with Gasteiger partial charge in [-0.1, -0.05) is 28.9 Å². The van der Waals surface area contributed by atoms with Crippen LogP contribution in [0, 0.1) is 12.7 Å².